The van der Waals surface area contributed by atoms with Crippen LogP contribution < -0.4 is 19.6 Å². The van der Waals surface area contributed by atoms with Gasteiger partial charge in [-0.05, 0) is 83.1 Å². The molecule has 0 fully saturated rings. The lowest BCUT2D eigenvalue weighted by Gasteiger charge is -2.26. The van der Waals surface area contributed by atoms with Crippen molar-refractivity contribution in [1.82, 2.24) is 4.57 Å². The molecule has 1 aliphatic rings. The number of thiazole rings is 1. The highest BCUT2D eigenvalue weighted by Crippen LogP contribution is 2.38. The van der Waals surface area contributed by atoms with Crippen LogP contribution >= 0.6 is 77.4 Å². The van der Waals surface area contributed by atoms with Gasteiger partial charge >= 0.3 is 12.1 Å². The molecule has 3 aromatic carbocycles. The number of alkyl halides is 3. The Morgan fingerprint density at radius 3 is 2.43 bits per heavy atom. The first-order chi connectivity index (χ1) is 20.9. The van der Waals surface area contributed by atoms with E-state index in [-0.39, 0.29) is 28.1 Å². The molecule has 44 heavy (non-hydrogen) atoms. The third-order valence-corrected chi connectivity index (χ3v) is 9.42. The van der Waals surface area contributed by atoms with Crippen molar-refractivity contribution >= 4 is 89.4 Å². The zero-order valence-corrected chi connectivity index (χ0v) is 29.3. The third kappa shape index (κ3) is 7.01. The molecule has 4 aromatic rings. The van der Waals surface area contributed by atoms with Gasteiger partial charge in [0.1, 0.15) is 12.4 Å². The maximum absolute atomic E-state index is 14.4. The van der Waals surface area contributed by atoms with Crippen molar-refractivity contribution in [3.05, 3.63) is 126 Å². The van der Waals surface area contributed by atoms with Crippen LogP contribution in [-0.2, 0) is 16.1 Å². The molecule has 0 radical (unpaired) electrons. The van der Waals surface area contributed by atoms with Gasteiger partial charge < -0.3 is 9.47 Å². The summed E-state index contributed by atoms with van der Waals surface area (Å²) >= 11 is 15.8. The molecule has 14 heteroatoms. The van der Waals surface area contributed by atoms with Crippen molar-refractivity contribution in [3.63, 3.8) is 0 Å². The summed E-state index contributed by atoms with van der Waals surface area (Å²) in [5.41, 5.74) is -1.17. The number of esters is 1. The van der Waals surface area contributed by atoms with Crippen molar-refractivity contribution < 1.29 is 27.4 Å². The van der Waals surface area contributed by atoms with Crippen LogP contribution in [0.5, 0.6) is 5.75 Å². The summed E-state index contributed by atoms with van der Waals surface area (Å²) in [6.45, 7) is 1.55. The molecular weight excluding hydrogens is 864 g/mol. The lowest BCUT2D eigenvalue weighted by atomic mass is 9.95. The maximum atomic E-state index is 14.4. The number of rotatable bonds is 7. The number of carbonyl (C=O) groups is 1. The van der Waals surface area contributed by atoms with E-state index >= 15 is 0 Å². The average Bonchev–Trinajstić information content (AvgIpc) is 3.27. The number of hydrogen-bond donors (Lipinski definition) is 0. The molecular formula is C30H19Br2ClF3IN2O4S. The molecule has 0 aliphatic carbocycles. The van der Waals surface area contributed by atoms with E-state index in [2.05, 4.69) is 59.4 Å². The largest absolute Gasteiger partial charge is 0.487 e. The second kappa shape index (κ2) is 13.5. The number of carbonyl (C=O) groups excluding carboxylic acids is 1. The Morgan fingerprint density at radius 2 is 1.80 bits per heavy atom. The minimum absolute atomic E-state index is 0.0942. The number of hydrogen-bond acceptors (Lipinski definition) is 6. The Morgan fingerprint density at radius 1 is 1.11 bits per heavy atom. The van der Waals surface area contributed by atoms with Gasteiger partial charge in [-0.25, -0.2) is 9.79 Å². The fraction of sp³-hybridized carbons (Fsp3) is 0.167. The van der Waals surface area contributed by atoms with Crippen LogP contribution in [0.25, 0.3) is 6.08 Å². The molecule has 6 nitrogen and oxygen atoms in total. The number of aromatic nitrogens is 1. The molecule has 2 heterocycles. The molecule has 0 saturated carbocycles. The number of halogens is 7. The van der Waals surface area contributed by atoms with Crippen molar-refractivity contribution in [1.29, 1.82) is 0 Å². The molecule has 1 atom stereocenters. The number of allylic oxidation sites excluding steroid dienone is 1. The Kier molecular flexibility index (Phi) is 10.1. The summed E-state index contributed by atoms with van der Waals surface area (Å²) in [4.78, 5) is 30.6. The van der Waals surface area contributed by atoms with Crippen LogP contribution in [0.1, 0.15) is 29.7 Å². The summed E-state index contributed by atoms with van der Waals surface area (Å²) in [6.07, 6.45) is -3.45. The van der Waals surface area contributed by atoms with Crippen LogP contribution in [0.3, 0.4) is 0 Å². The Bertz CT molecular complexity index is 1960. The Balaban J connectivity index is 1.71. The molecule has 5 rings (SSSR count). The molecule has 0 unspecified atom stereocenters. The van der Waals surface area contributed by atoms with Crippen molar-refractivity contribution in [2.75, 3.05) is 6.61 Å². The van der Waals surface area contributed by atoms with Gasteiger partial charge in [0, 0.05) is 19.5 Å². The lowest BCUT2D eigenvalue weighted by molar-refractivity contribution is -0.140. The first kappa shape index (κ1) is 32.9. The second-order valence-electron chi connectivity index (χ2n) is 9.34. The first-order valence-corrected chi connectivity index (χ1v) is 16.6. The summed E-state index contributed by atoms with van der Waals surface area (Å²) in [5.74, 6) is -0.733. The van der Waals surface area contributed by atoms with Gasteiger partial charge in [-0.1, -0.05) is 79.1 Å². The zero-order chi connectivity index (χ0) is 31.8. The minimum Gasteiger partial charge on any atom is -0.487 e. The van der Waals surface area contributed by atoms with E-state index in [1.54, 1.807) is 12.1 Å². The molecule has 1 aliphatic heterocycles. The van der Waals surface area contributed by atoms with Gasteiger partial charge in [-0.3, -0.25) is 9.36 Å². The zero-order valence-electron chi connectivity index (χ0n) is 22.4. The van der Waals surface area contributed by atoms with E-state index in [1.807, 2.05) is 30.3 Å². The number of benzene rings is 3. The first-order valence-electron chi connectivity index (χ1n) is 12.8. The molecule has 0 amide bonds. The van der Waals surface area contributed by atoms with E-state index in [9.17, 15) is 22.8 Å². The molecule has 0 saturated heterocycles. The van der Waals surface area contributed by atoms with Gasteiger partial charge in [0.25, 0.3) is 5.56 Å². The molecule has 228 valence electrons. The Labute approximate surface area is 288 Å². The van der Waals surface area contributed by atoms with Crippen molar-refractivity contribution in [2.24, 2.45) is 4.99 Å². The summed E-state index contributed by atoms with van der Waals surface area (Å²) in [6, 6.07) is 15.6. The Hall–Kier alpha value is -2.46. The maximum Gasteiger partial charge on any atom is 0.434 e. The van der Waals surface area contributed by atoms with E-state index < -0.39 is 35.0 Å². The van der Waals surface area contributed by atoms with Crippen molar-refractivity contribution in [2.45, 2.75) is 25.7 Å². The molecule has 0 N–H and O–H groups in total. The number of nitrogens with zero attached hydrogens (tertiary/aromatic N) is 2. The van der Waals surface area contributed by atoms with Gasteiger partial charge in [-0.15, -0.1) is 0 Å². The summed E-state index contributed by atoms with van der Waals surface area (Å²) in [7, 11) is 0. The minimum atomic E-state index is -5.00. The third-order valence-electron chi connectivity index (χ3n) is 6.40. The SMILES string of the molecule is CCOC(=O)C1=C(C(F)(F)F)N=c2s/c(=C\c3cc(Br)cc(I)c3OCc3ccc(Br)cc3)c(=O)n2[C@H]1c1ccc(Cl)cc1. The van der Waals surface area contributed by atoms with Crippen LogP contribution in [0, 0.1) is 3.57 Å². The quantitative estimate of drug-likeness (QED) is 0.141. The second-order valence-corrected chi connectivity index (χ2v) is 13.8. The predicted octanol–water partition coefficient (Wildman–Crippen LogP) is 7.70. The molecule has 0 spiro atoms. The standard InChI is InChI=1S/C30H19Br2ClF3IN2O4S/c1-2-42-28(41)23-24(16-5-9-20(33)10-6-16)39-27(40)22(44-29(39)38-26(23)30(34,35)36)12-17-11-19(32)13-21(37)25(17)43-14-15-3-7-18(31)8-4-15/h3-13,24H,2,14H2,1H3/b22-12-/t24-/m0/s1. The topological polar surface area (TPSA) is 69.9 Å². The highest BCUT2D eigenvalue weighted by atomic mass is 127. The number of ether oxygens (including phenoxy) is 2. The van der Waals surface area contributed by atoms with Gasteiger partial charge in [0.05, 0.1) is 26.3 Å². The van der Waals surface area contributed by atoms with Crippen molar-refractivity contribution in [3.8, 4) is 5.75 Å². The smallest absolute Gasteiger partial charge is 0.434 e. The van der Waals surface area contributed by atoms with Crippen LogP contribution in [0.15, 0.2) is 90.7 Å². The summed E-state index contributed by atoms with van der Waals surface area (Å²) in [5, 5.41) is 0.332. The summed E-state index contributed by atoms with van der Waals surface area (Å²) < 4.78 is 57.9. The fourth-order valence-electron chi connectivity index (χ4n) is 4.52. The van der Waals surface area contributed by atoms with E-state index in [1.165, 1.54) is 31.2 Å². The fourth-order valence-corrected chi connectivity index (χ4v) is 7.61. The molecule has 0 bridgehead atoms. The van der Waals surface area contributed by atoms with Gasteiger partial charge in [0.2, 0.25) is 0 Å². The monoisotopic (exact) mass is 880 g/mol. The van der Waals surface area contributed by atoms with E-state index in [0.29, 0.717) is 20.8 Å². The normalized spacial score (nSPS) is 15.2. The predicted molar refractivity (Wildman–Crippen MR) is 178 cm³/mol. The molecule has 1 aromatic heterocycles. The van der Waals surface area contributed by atoms with Gasteiger partial charge in [-0.2, -0.15) is 13.2 Å². The van der Waals surface area contributed by atoms with E-state index in [0.717, 1.165) is 29.5 Å². The van der Waals surface area contributed by atoms with Crippen LogP contribution in [0.4, 0.5) is 13.2 Å². The highest BCUT2D eigenvalue weighted by molar-refractivity contribution is 14.1. The number of fused-ring (bicyclic) bond motifs is 1. The average molecular weight is 883 g/mol. The van der Waals surface area contributed by atoms with Crippen LogP contribution in [-0.4, -0.2) is 23.3 Å². The van der Waals surface area contributed by atoms with E-state index in [4.69, 9.17) is 21.1 Å². The highest BCUT2D eigenvalue weighted by Gasteiger charge is 2.45. The van der Waals surface area contributed by atoms with Crippen LogP contribution in [0.2, 0.25) is 5.02 Å². The lowest BCUT2D eigenvalue weighted by Crippen LogP contribution is -2.41. The van der Waals surface area contributed by atoms with Gasteiger partial charge in [0.15, 0.2) is 10.5 Å².